The minimum Gasteiger partial charge on any atom is -0.457 e. The maximum absolute atomic E-state index is 11.9. The molecule has 2 heteroatoms. The molecule has 1 rings (SSSR count). The molecule has 1 aromatic carbocycles. The van der Waals surface area contributed by atoms with Crippen LogP contribution in [0.3, 0.4) is 0 Å². The van der Waals surface area contributed by atoms with Crippen LogP contribution in [0.2, 0.25) is 0 Å². The molecule has 0 spiro atoms. The summed E-state index contributed by atoms with van der Waals surface area (Å²) in [5, 5.41) is 0. The van der Waals surface area contributed by atoms with Gasteiger partial charge in [0, 0.05) is 6.08 Å². The van der Waals surface area contributed by atoms with Gasteiger partial charge >= 0.3 is 5.97 Å². The molecule has 0 N–H and O–H groups in total. The molecule has 114 valence electrons. The van der Waals surface area contributed by atoms with Crippen LogP contribution in [0.5, 0.6) is 0 Å². The maximum Gasteiger partial charge on any atom is 0.331 e. The number of carbonyl (C=O) groups excluding carboxylic acids is 1. The molecule has 0 aromatic heterocycles. The van der Waals surface area contributed by atoms with Gasteiger partial charge in [-0.2, -0.15) is 0 Å². The number of esters is 1. The van der Waals surface area contributed by atoms with Crippen LogP contribution in [-0.2, 0) is 9.53 Å². The van der Waals surface area contributed by atoms with Gasteiger partial charge in [-0.25, -0.2) is 4.79 Å². The number of hydrogen-bond donors (Lipinski definition) is 0. The Bertz CT molecular complexity index is 472. The number of hydrogen-bond acceptors (Lipinski definition) is 2. The fraction of sp³-hybridized carbons (Fsp3) is 0.421. The zero-order chi connectivity index (χ0) is 15.7. The molecule has 1 atom stereocenters. The summed E-state index contributed by atoms with van der Waals surface area (Å²) in [7, 11) is 0. The van der Waals surface area contributed by atoms with E-state index in [1.54, 1.807) is 6.08 Å². The van der Waals surface area contributed by atoms with Crippen molar-refractivity contribution in [3.05, 3.63) is 54.6 Å². The number of benzene rings is 1. The summed E-state index contributed by atoms with van der Waals surface area (Å²) in [4.78, 5) is 11.9. The minimum absolute atomic E-state index is 0.291. The van der Waals surface area contributed by atoms with E-state index in [4.69, 9.17) is 4.74 Å². The van der Waals surface area contributed by atoms with Gasteiger partial charge in [-0.05, 0) is 50.7 Å². The monoisotopic (exact) mass is 286 g/mol. The summed E-state index contributed by atoms with van der Waals surface area (Å²) in [6.07, 6.45) is 8.18. The Morgan fingerprint density at radius 1 is 1.33 bits per heavy atom. The molecule has 0 radical (unpaired) electrons. The van der Waals surface area contributed by atoms with Crippen LogP contribution in [0, 0.1) is 5.92 Å². The van der Waals surface area contributed by atoms with Crippen LogP contribution in [0.15, 0.2) is 49.1 Å². The molecule has 2 nitrogen and oxygen atoms in total. The van der Waals surface area contributed by atoms with Gasteiger partial charge in [0.1, 0.15) is 5.60 Å². The van der Waals surface area contributed by atoms with Crippen molar-refractivity contribution in [2.45, 2.75) is 45.6 Å². The summed E-state index contributed by atoms with van der Waals surface area (Å²) in [5.41, 5.74) is 0.561. The largest absolute Gasteiger partial charge is 0.457 e. The average molecular weight is 286 g/mol. The van der Waals surface area contributed by atoms with Crippen LogP contribution >= 0.6 is 0 Å². The van der Waals surface area contributed by atoms with Gasteiger partial charge in [0.15, 0.2) is 0 Å². The van der Waals surface area contributed by atoms with E-state index in [-0.39, 0.29) is 5.97 Å². The molecule has 0 bridgehead atoms. The first-order valence-corrected chi connectivity index (χ1v) is 7.51. The minimum atomic E-state index is -0.432. The van der Waals surface area contributed by atoms with Crippen LogP contribution in [-0.4, -0.2) is 11.6 Å². The van der Waals surface area contributed by atoms with E-state index in [1.807, 2.05) is 50.3 Å². The van der Waals surface area contributed by atoms with Gasteiger partial charge in [0.05, 0.1) is 0 Å². The predicted molar refractivity (Wildman–Crippen MR) is 88.9 cm³/mol. The quantitative estimate of drug-likeness (QED) is 0.381. The molecule has 0 saturated heterocycles. The van der Waals surface area contributed by atoms with Crippen molar-refractivity contribution in [2.75, 3.05) is 0 Å². The van der Waals surface area contributed by atoms with Crippen LogP contribution in [0.1, 0.15) is 45.6 Å². The molecule has 1 unspecified atom stereocenters. The second-order valence-electron chi connectivity index (χ2n) is 6.03. The summed E-state index contributed by atoms with van der Waals surface area (Å²) in [5.74, 6) is 0.218. The van der Waals surface area contributed by atoms with Gasteiger partial charge in [-0.15, -0.1) is 6.58 Å². The highest BCUT2D eigenvalue weighted by Gasteiger charge is 2.21. The lowest BCUT2D eigenvalue weighted by Crippen LogP contribution is -2.27. The second-order valence-corrected chi connectivity index (χ2v) is 6.03. The molecule has 0 saturated carbocycles. The zero-order valence-electron chi connectivity index (χ0n) is 13.3. The van der Waals surface area contributed by atoms with Crippen molar-refractivity contribution in [1.82, 2.24) is 0 Å². The van der Waals surface area contributed by atoms with Gasteiger partial charge in [-0.1, -0.05) is 43.3 Å². The normalized spacial score (nSPS) is 13.1. The van der Waals surface area contributed by atoms with Crippen molar-refractivity contribution >= 4 is 12.0 Å². The van der Waals surface area contributed by atoms with E-state index in [0.29, 0.717) is 5.92 Å². The fourth-order valence-electron chi connectivity index (χ4n) is 2.05. The lowest BCUT2D eigenvalue weighted by molar-refractivity contribution is -0.150. The van der Waals surface area contributed by atoms with E-state index in [2.05, 4.69) is 13.5 Å². The van der Waals surface area contributed by atoms with Crippen molar-refractivity contribution in [1.29, 1.82) is 0 Å². The standard InChI is InChI=1S/C19H26O2/c1-5-16(2)10-9-15-19(3,4)21-18(20)14-13-17-11-7-6-8-12-17/h5-8,11-14,16H,1,9-10,15H2,2-4H3/b14-13+. The maximum atomic E-state index is 11.9. The SMILES string of the molecule is C=CC(C)CCCC(C)(C)OC(=O)/C=C/c1ccccc1. The first-order valence-electron chi connectivity index (χ1n) is 7.51. The van der Waals surface area contributed by atoms with Crippen LogP contribution in [0.25, 0.3) is 6.08 Å². The third-order valence-electron chi connectivity index (χ3n) is 3.43. The third kappa shape index (κ3) is 7.50. The Morgan fingerprint density at radius 2 is 2.00 bits per heavy atom. The Morgan fingerprint density at radius 3 is 2.62 bits per heavy atom. The smallest absolute Gasteiger partial charge is 0.331 e. The molecule has 0 aliphatic rings. The molecule has 0 amide bonds. The lowest BCUT2D eigenvalue weighted by atomic mass is 9.97. The fourth-order valence-corrected chi connectivity index (χ4v) is 2.05. The number of ether oxygens (including phenoxy) is 1. The van der Waals surface area contributed by atoms with E-state index in [1.165, 1.54) is 6.08 Å². The third-order valence-corrected chi connectivity index (χ3v) is 3.43. The van der Waals surface area contributed by atoms with Crippen LogP contribution < -0.4 is 0 Å². The molecule has 0 aliphatic carbocycles. The van der Waals surface area contributed by atoms with E-state index >= 15 is 0 Å². The first-order chi connectivity index (χ1) is 9.93. The topological polar surface area (TPSA) is 26.3 Å². The molecule has 0 heterocycles. The van der Waals surface area contributed by atoms with Gasteiger partial charge < -0.3 is 4.74 Å². The average Bonchev–Trinajstić information content (AvgIpc) is 2.45. The Hall–Kier alpha value is -1.83. The highest BCUT2D eigenvalue weighted by atomic mass is 16.6. The molecule has 1 aromatic rings. The van der Waals surface area contributed by atoms with Crippen molar-refractivity contribution in [3.63, 3.8) is 0 Å². The lowest BCUT2D eigenvalue weighted by Gasteiger charge is -2.24. The van der Waals surface area contributed by atoms with Gasteiger partial charge in [0.25, 0.3) is 0 Å². The number of allylic oxidation sites excluding steroid dienone is 1. The first kappa shape index (κ1) is 17.2. The van der Waals surface area contributed by atoms with E-state index in [0.717, 1.165) is 24.8 Å². The van der Waals surface area contributed by atoms with E-state index < -0.39 is 5.60 Å². The van der Waals surface area contributed by atoms with Gasteiger partial charge in [0.2, 0.25) is 0 Å². The van der Waals surface area contributed by atoms with Gasteiger partial charge in [-0.3, -0.25) is 0 Å². The summed E-state index contributed by atoms with van der Waals surface area (Å²) < 4.78 is 5.52. The molecule has 0 aliphatic heterocycles. The molecule has 21 heavy (non-hydrogen) atoms. The van der Waals surface area contributed by atoms with Crippen molar-refractivity contribution < 1.29 is 9.53 Å². The number of carbonyl (C=O) groups is 1. The number of rotatable bonds is 8. The molecular weight excluding hydrogens is 260 g/mol. The van der Waals surface area contributed by atoms with E-state index in [9.17, 15) is 4.79 Å². The molecular formula is C19H26O2. The van der Waals surface area contributed by atoms with Crippen molar-refractivity contribution in [3.8, 4) is 0 Å². The van der Waals surface area contributed by atoms with Crippen LogP contribution in [0.4, 0.5) is 0 Å². The zero-order valence-corrected chi connectivity index (χ0v) is 13.3. The molecule has 0 fully saturated rings. The summed E-state index contributed by atoms with van der Waals surface area (Å²) in [6, 6.07) is 9.73. The van der Waals surface area contributed by atoms with Crippen molar-refractivity contribution in [2.24, 2.45) is 5.92 Å². The highest BCUT2D eigenvalue weighted by molar-refractivity contribution is 5.87. The second kappa shape index (κ2) is 8.46. The Kier molecular flexibility index (Phi) is 6.93. The Balaban J connectivity index is 2.41. The summed E-state index contributed by atoms with van der Waals surface area (Å²) in [6.45, 7) is 9.85. The Labute approximate surface area is 128 Å². The predicted octanol–water partition coefficient (Wildman–Crippen LogP) is 5.01. The highest BCUT2D eigenvalue weighted by Crippen LogP contribution is 2.20. The summed E-state index contributed by atoms with van der Waals surface area (Å²) >= 11 is 0.